The van der Waals surface area contributed by atoms with Crippen LogP contribution in [0.4, 0.5) is 17.6 Å². The standard InChI is InChI=1S/C18H8F4IN/c19-12-8-13(20)17(22)18(16(12)21)24-14-4-2-1-3-10(14)11-7-9(23)5-6-15(11)24/h1-8H. The zero-order valence-corrected chi connectivity index (χ0v) is 14.1. The van der Waals surface area contributed by atoms with E-state index in [0.29, 0.717) is 11.0 Å². The first kappa shape index (κ1) is 15.4. The topological polar surface area (TPSA) is 4.93 Å². The van der Waals surface area contributed by atoms with Gasteiger partial charge in [0, 0.05) is 20.4 Å². The van der Waals surface area contributed by atoms with Gasteiger partial charge in [-0.25, -0.2) is 17.6 Å². The summed E-state index contributed by atoms with van der Waals surface area (Å²) in [4.78, 5) is 0. The van der Waals surface area contributed by atoms with Crippen molar-refractivity contribution in [3.63, 3.8) is 0 Å². The molecule has 3 aromatic carbocycles. The summed E-state index contributed by atoms with van der Waals surface area (Å²) in [6.45, 7) is 0. The molecule has 0 aliphatic rings. The Morgan fingerprint density at radius 2 is 1.33 bits per heavy atom. The Labute approximate surface area is 147 Å². The van der Waals surface area contributed by atoms with Crippen LogP contribution in [-0.2, 0) is 0 Å². The van der Waals surface area contributed by atoms with Gasteiger partial charge in [-0.05, 0) is 46.9 Å². The Balaban J connectivity index is 2.26. The first-order chi connectivity index (χ1) is 11.5. The number of halogens is 5. The number of benzene rings is 3. The van der Waals surface area contributed by atoms with Gasteiger partial charge in [0.05, 0.1) is 11.0 Å². The monoisotopic (exact) mass is 441 g/mol. The normalized spacial score (nSPS) is 11.5. The summed E-state index contributed by atoms with van der Waals surface area (Å²) in [5.41, 5.74) is 0.191. The van der Waals surface area contributed by atoms with E-state index in [1.165, 1.54) is 4.57 Å². The minimum Gasteiger partial charge on any atom is -0.304 e. The van der Waals surface area contributed by atoms with Crippen molar-refractivity contribution < 1.29 is 17.6 Å². The molecular formula is C18H8F4IN. The van der Waals surface area contributed by atoms with Gasteiger partial charge in [0.1, 0.15) is 5.69 Å². The van der Waals surface area contributed by atoms with Crippen LogP contribution in [0.3, 0.4) is 0 Å². The largest absolute Gasteiger partial charge is 0.304 e. The van der Waals surface area contributed by atoms with E-state index in [-0.39, 0.29) is 6.07 Å². The molecule has 6 heteroatoms. The third kappa shape index (κ3) is 2.12. The van der Waals surface area contributed by atoms with E-state index in [2.05, 4.69) is 22.6 Å². The van der Waals surface area contributed by atoms with E-state index >= 15 is 0 Å². The quantitative estimate of drug-likeness (QED) is 0.196. The fourth-order valence-electron chi connectivity index (χ4n) is 2.94. The molecule has 24 heavy (non-hydrogen) atoms. The van der Waals surface area contributed by atoms with Crippen LogP contribution < -0.4 is 0 Å². The summed E-state index contributed by atoms with van der Waals surface area (Å²) < 4.78 is 58.2. The van der Waals surface area contributed by atoms with Crippen molar-refractivity contribution in [3.8, 4) is 5.69 Å². The van der Waals surface area contributed by atoms with Gasteiger partial charge in [-0.1, -0.05) is 18.2 Å². The third-order valence-corrected chi connectivity index (χ3v) is 4.62. The zero-order valence-electron chi connectivity index (χ0n) is 12.0. The molecule has 0 N–H and O–H groups in total. The molecule has 0 unspecified atom stereocenters. The summed E-state index contributed by atoms with van der Waals surface area (Å²) in [5.74, 6) is -5.70. The highest BCUT2D eigenvalue weighted by atomic mass is 127. The summed E-state index contributed by atoms with van der Waals surface area (Å²) in [6.07, 6.45) is 0. The number of nitrogens with zero attached hydrogens (tertiary/aromatic N) is 1. The molecule has 0 saturated carbocycles. The third-order valence-electron chi connectivity index (χ3n) is 3.95. The lowest BCUT2D eigenvalue weighted by molar-refractivity contribution is 0.449. The molecule has 0 aliphatic heterocycles. The molecule has 0 aliphatic carbocycles. The molecule has 0 spiro atoms. The van der Waals surface area contributed by atoms with Gasteiger partial charge in [-0.15, -0.1) is 0 Å². The van der Waals surface area contributed by atoms with Crippen LogP contribution >= 0.6 is 22.6 Å². The molecule has 0 bridgehead atoms. The molecule has 1 aromatic heterocycles. The van der Waals surface area contributed by atoms with Gasteiger partial charge in [0.15, 0.2) is 23.3 Å². The molecule has 0 fully saturated rings. The second-order valence-electron chi connectivity index (χ2n) is 5.33. The predicted octanol–water partition coefficient (Wildman–Crippen LogP) is 5.94. The second-order valence-corrected chi connectivity index (χ2v) is 6.58. The lowest BCUT2D eigenvalue weighted by Gasteiger charge is -2.11. The van der Waals surface area contributed by atoms with Gasteiger partial charge < -0.3 is 4.57 Å². The van der Waals surface area contributed by atoms with Crippen molar-refractivity contribution >= 4 is 44.4 Å². The average molecular weight is 441 g/mol. The zero-order chi connectivity index (χ0) is 17.0. The maximum atomic E-state index is 14.3. The highest BCUT2D eigenvalue weighted by Gasteiger charge is 2.24. The van der Waals surface area contributed by atoms with Gasteiger partial charge in [-0.3, -0.25) is 0 Å². The van der Waals surface area contributed by atoms with E-state index in [9.17, 15) is 17.6 Å². The van der Waals surface area contributed by atoms with Crippen molar-refractivity contribution in [1.82, 2.24) is 4.57 Å². The molecule has 0 saturated heterocycles. The van der Waals surface area contributed by atoms with Crippen LogP contribution in [0.5, 0.6) is 0 Å². The van der Waals surface area contributed by atoms with E-state index in [0.717, 1.165) is 14.3 Å². The highest BCUT2D eigenvalue weighted by Crippen LogP contribution is 2.35. The van der Waals surface area contributed by atoms with Gasteiger partial charge in [0.25, 0.3) is 0 Å². The summed E-state index contributed by atoms with van der Waals surface area (Å²) in [5, 5.41) is 1.50. The first-order valence-corrected chi connectivity index (χ1v) is 8.09. The molecular weight excluding hydrogens is 433 g/mol. The summed E-state index contributed by atoms with van der Waals surface area (Å²) >= 11 is 2.13. The number of fused-ring (bicyclic) bond motifs is 3. The molecule has 0 atom stereocenters. The Bertz CT molecular complexity index is 1090. The number of hydrogen-bond acceptors (Lipinski definition) is 0. The minimum absolute atomic E-state index is 0.213. The Morgan fingerprint density at radius 1 is 0.708 bits per heavy atom. The van der Waals surface area contributed by atoms with Crippen LogP contribution in [-0.4, -0.2) is 4.57 Å². The van der Waals surface area contributed by atoms with Crippen molar-refractivity contribution in [2.45, 2.75) is 0 Å². The lowest BCUT2D eigenvalue weighted by atomic mass is 10.2. The molecule has 4 aromatic rings. The molecule has 0 radical (unpaired) electrons. The molecule has 0 amide bonds. The fourth-order valence-corrected chi connectivity index (χ4v) is 3.43. The SMILES string of the molecule is Fc1cc(F)c(F)c(-n2c3ccccc3c3cc(I)ccc32)c1F. The number of hydrogen-bond donors (Lipinski definition) is 0. The number of rotatable bonds is 1. The van der Waals surface area contributed by atoms with Gasteiger partial charge >= 0.3 is 0 Å². The number of aromatic nitrogens is 1. The van der Waals surface area contributed by atoms with Crippen molar-refractivity contribution in [1.29, 1.82) is 0 Å². The molecule has 4 rings (SSSR count). The van der Waals surface area contributed by atoms with Crippen LogP contribution in [0.25, 0.3) is 27.5 Å². The maximum Gasteiger partial charge on any atom is 0.186 e. The van der Waals surface area contributed by atoms with E-state index in [1.807, 2.05) is 6.07 Å². The van der Waals surface area contributed by atoms with Crippen LogP contribution in [0.1, 0.15) is 0 Å². The summed E-state index contributed by atoms with van der Waals surface area (Å²) in [6, 6.07) is 12.5. The minimum atomic E-state index is -1.43. The highest BCUT2D eigenvalue weighted by molar-refractivity contribution is 14.1. The Kier molecular flexibility index (Phi) is 3.52. The van der Waals surface area contributed by atoms with Crippen LogP contribution in [0.15, 0.2) is 48.5 Å². The first-order valence-electron chi connectivity index (χ1n) is 7.01. The van der Waals surface area contributed by atoms with E-state index in [4.69, 9.17) is 0 Å². The fraction of sp³-hybridized carbons (Fsp3) is 0. The van der Waals surface area contributed by atoms with Crippen molar-refractivity contribution in [2.75, 3.05) is 0 Å². The molecule has 120 valence electrons. The van der Waals surface area contributed by atoms with Crippen LogP contribution in [0, 0.1) is 26.8 Å². The Morgan fingerprint density at radius 3 is 2.04 bits per heavy atom. The number of para-hydroxylation sites is 1. The maximum absolute atomic E-state index is 14.3. The smallest absolute Gasteiger partial charge is 0.186 e. The van der Waals surface area contributed by atoms with Crippen molar-refractivity contribution in [2.24, 2.45) is 0 Å². The van der Waals surface area contributed by atoms with Crippen LogP contribution in [0.2, 0.25) is 0 Å². The summed E-state index contributed by atoms with van der Waals surface area (Å²) in [7, 11) is 0. The average Bonchev–Trinajstić information content (AvgIpc) is 2.88. The van der Waals surface area contributed by atoms with E-state index < -0.39 is 29.0 Å². The lowest BCUT2D eigenvalue weighted by Crippen LogP contribution is -2.06. The molecule has 1 heterocycles. The Hall–Kier alpha value is -2.09. The molecule has 1 nitrogen and oxygen atoms in total. The van der Waals surface area contributed by atoms with Gasteiger partial charge in [0.2, 0.25) is 0 Å². The predicted molar refractivity (Wildman–Crippen MR) is 93.3 cm³/mol. The van der Waals surface area contributed by atoms with Gasteiger partial charge in [-0.2, -0.15) is 0 Å². The van der Waals surface area contributed by atoms with Crippen molar-refractivity contribution in [3.05, 3.63) is 75.4 Å². The second kappa shape index (κ2) is 5.47. The van der Waals surface area contributed by atoms with E-state index in [1.54, 1.807) is 36.4 Å².